The Hall–Kier alpha value is 1.52. The van der Waals surface area contributed by atoms with Crippen molar-refractivity contribution in [3.63, 3.8) is 0 Å². The Morgan fingerprint density at radius 1 is 0.500 bits per heavy atom. The quantitative estimate of drug-likeness (QED) is 0.469. The first-order chi connectivity index (χ1) is 0. The van der Waals surface area contributed by atoms with Crippen molar-refractivity contribution in [1.29, 1.82) is 0 Å². The molecule has 0 aliphatic heterocycles. The van der Waals surface area contributed by atoms with E-state index in [-0.39, 0.29) is 56.7 Å². The first-order valence-electron chi connectivity index (χ1n) is 0. The second-order valence-corrected chi connectivity index (χ2v) is 0. The molecule has 0 bridgehead atoms. The third-order valence-electron chi connectivity index (χ3n) is 0. The molecule has 0 unspecified atom stereocenters. The van der Waals surface area contributed by atoms with Gasteiger partial charge in [0.25, 0.3) is 0 Å². The molecule has 0 saturated heterocycles. The number of hydrogen-bond donors (Lipinski definition) is 0. The molecule has 4 heavy (non-hydrogen) atoms. The molecular weight excluding hydrogens is 184 g/mol. The van der Waals surface area contributed by atoms with Crippen LogP contribution in [0.1, 0.15) is 0 Å². The van der Waals surface area contributed by atoms with E-state index >= 15 is 0 Å². The molecule has 3 radical (unpaired) electrons. The summed E-state index contributed by atoms with van der Waals surface area (Å²) in [6.07, 6.45) is 0. The van der Waals surface area contributed by atoms with E-state index in [4.69, 9.17) is 0 Å². The molecule has 0 spiro atoms. The van der Waals surface area contributed by atoms with Gasteiger partial charge in [-0.1, -0.05) is 0 Å². The standard InChI is InChI=1S/3Fe.O/q3*+3;-2. The topological polar surface area (TPSA) is 28.5 Å². The minimum absolute atomic E-state index is 0. The first kappa shape index (κ1) is 48.9. The largest absolute Gasteiger partial charge is 3.00 e. The van der Waals surface area contributed by atoms with Gasteiger partial charge in [0.15, 0.2) is 0 Å². The molecule has 0 amide bonds. The van der Waals surface area contributed by atoms with Gasteiger partial charge >= 0.3 is 51.2 Å². The van der Waals surface area contributed by atoms with E-state index in [9.17, 15) is 0 Å². The third-order valence-corrected chi connectivity index (χ3v) is 0. The van der Waals surface area contributed by atoms with E-state index < -0.39 is 0 Å². The predicted octanol–water partition coefficient (Wildman–Crippen LogP) is -0.126. The Balaban J connectivity index is 0. The van der Waals surface area contributed by atoms with Crippen LogP contribution < -0.4 is 0 Å². The van der Waals surface area contributed by atoms with Gasteiger partial charge in [-0.2, -0.15) is 0 Å². The molecule has 0 aliphatic rings. The van der Waals surface area contributed by atoms with E-state index in [0.717, 1.165) is 0 Å². The van der Waals surface area contributed by atoms with Crippen molar-refractivity contribution in [3.8, 4) is 0 Å². The second kappa shape index (κ2) is 24.3. The van der Waals surface area contributed by atoms with Gasteiger partial charge in [0.2, 0.25) is 0 Å². The fourth-order valence-corrected chi connectivity index (χ4v) is 0. The first-order valence-corrected chi connectivity index (χ1v) is 0. The summed E-state index contributed by atoms with van der Waals surface area (Å²) in [6.45, 7) is 0. The Morgan fingerprint density at radius 2 is 0.500 bits per heavy atom. The summed E-state index contributed by atoms with van der Waals surface area (Å²) in [5.41, 5.74) is 0. The van der Waals surface area contributed by atoms with E-state index in [1.807, 2.05) is 0 Å². The maximum absolute atomic E-state index is 0. The zero-order valence-electron chi connectivity index (χ0n) is 1.47. The minimum Gasteiger partial charge on any atom is -2.00 e. The van der Waals surface area contributed by atoms with Gasteiger partial charge in [0, 0.05) is 0 Å². The summed E-state index contributed by atoms with van der Waals surface area (Å²) in [4.78, 5) is 0. The van der Waals surface area contributed by atoms with Gasteiger partial charge in [-0.25, -0.2) is 0 Å². The molecule has 0 N–H and O–H groups in total. The molecule has 0 atom stereocenters. The van der Waals surface area contributed by atoms with Crippen LogP contribution in [0.15, 0.2) is 0 Å². The molecule has 0 rings (SSSR count). The Bertz CT molecular complexity index is 3.25. The third kappa shape index (κ3) is 9.68. The monoisotopic (exact) mass is 184 g/mol. The SMILES string of the molecule is [Fe+3].[Fe+3].[Fe+3].[O-2]. The van der Waals surface area contributed by atoms with Crippen molar-refractivity contribution in [2.24, 2.45) is 0 Å². The van der Waals surface area contributed by atoms with Crippen LogP contribution >= 0.6 is 0 Å². The van der Waals surface area contributed by atoms with Crippen LogP contribution in [-0.2, 0) is 56.7 Å². The predicted molar refractivity (Wildman–Crippen MR) is 0.686 cm³/mol. The van der Waals surface area contributed by atoms with Crippen LogP contribution in [0.25, 0.3) is 0 Å². The van der Waals surface area contributed by atoms with Crippen molar-refractivity contribution in [2.45, 2.75) is 0 Å². The van der Waals surface area contributed by atoms with Gasteiger partial charge in [0.05, 0.1) is 0 Å². The van der Waals surface area contributed by atoms with Crippen LogP contribution in [0.5, 0.6) is 0 Å². The van der Waals surface area contributed by atoms with Crippen molar-refractivity contribution in [3.05, 3.63) is 0 Å². The molecule has 1 nitrogen and oxygen atoms in total. The summed E-state index contributed by atoms with van der Waals surface area (Å²) in [7, 11) is 0. The van der Waals surface area contributed by atoms with Crippen molar-refractivity contribution in [1.82, 2.24) is 0 Å². The molecule has 0 aromatic heterocycles. The fourth-order valence-electron chi connectivity index (χ4n) is 0. The summed E-state index contributed by atoms with van der Waals surface area (Å²) < 4.78 is 0. The maximum atomic E-state index is 0. The van der Waals surface area contributed by atoms with Gasteiger partial charge in [-0.3, -0.25) is 0 Å². The Kier molecular flexibility index (Phi) is 296. The molecule has 23 valence electrons. The molecule has 0 saturated carbocycles. The number of rotatable bonds is 0. The Labute approximate surface area is 56.6 Å². The molecule has 0 aliphatic carbocycles. The molecule has 0 fully saturated rings. The van der Waals surface area contributed by atoms with E-state index in [1.165, 1.54) is 0 Å². The van der Waals surface area contributed by atoms with Crippen molar-refractivity contribution < 1.29 is 56.7 Å². The average Bonchev–Trinajstić information content (AvgIpc) is 0. The van der Waals surface area contributed by atoms with Crippen molar-refractivity contribution in [2.75, 3.05) is 0 Å². The zero-order chi connectivity index (χ0) is 0. The molecule has 0 aromatic carbocycles. The summed E-state index contributed by atoms with van der Waals surface area (Å²) >= 11 is 0. The van der Waals surface area contributed by atoms with Gasteiger partial charge in [-0.05, 0) is 0 Å². The summed E-state index contributed by atoms with van der Waals surface area (Å²) in [5.74, 6) is 0. The minimum atomic E-state index is 0. The van der Waals surface area contributed by atoms with Crippen LogP contribution in [0.3, 0.4) is 0 Å². The average molecular weight is 184 g/mol. The van der Waals surface area contributed by atoms with E-state index in [2.05, 4.69) is 0 Å². The van der Waals surface area contributed by atoms with Crippen LogP contribution in [-0.4, -0.2) is 0 Å². The molecule has 0 heterocycles. The molecular formula is Fe3O+7. The van der Waals surface area contributed by atoms with Gasteiger partial charge in [0.1, 0.15) is 0 Å². The van der Waals surface area contributed by atoms with Gasteiger partial charge < -0.3 is 5.48 Å². The second-order valence-electron chi connectivity index (χ2n) is 0. The summed E-state index contributed by atoms with van der Waals surface area (Å²) in [6, 6.07) is 0. The normalized spacial score (nSPS) is 0. The maximum Gasteiger partial charge on any atom is 3.00 e. The van der Waals surface area contributed by atoms with E-state index in [0.29, 0.717) is 0 Å². The van der Waals surface area contributed by atoms with Gasteiger partial charge in [-0.15, -0.1) is 0 Å². The number of hydrogen-bond acceptors (Lipinski definition) is 0. The molecule has 0 aromatic rings. The zero-order valence-corrected chi connectivity index (χ0v) is 4.78. The fraction of sp³-hybridized carbons (Fsp3) is 0. The van der Waals surface area contributed by atoms with Crippen LogP contribution in [0, 0.1) is 0 Å². The summed E-state index contributed by atoms with van der Waals surface area (Å²) in [5, 5.41) is 0. The smallest absolute Gasteiger partial charge is 2.00 e. The van der Waals surface area contributed by atoms with Crippen molar-refractivity contribution >= 4 is 0 Å². The van der Waals surface area contributed by atoms with Crippen LogP contribution in [0.2, 0.25) is 0 Å². The van der Waals surface area contributed by atoms with E-state index in [1.54, 1.807) is 0 Å². The Morgan fingerprint density at radius 3 is 0.500 bits per heavy atom. The molecule has 4 heteroatoms. The van der Waals surface area contributed by atoms with Crippen LogP contribution in [0.4, 0.5) is 0 Å².